The summed E-state index contributed by atoms with van der Waals surface area (Å²) in [6.45, 7) is 9.57. The minimum Gasteiger partial charge on any atom is -0.345 e. The summed E-state index contributed by atoms with van der Waals surface area (Å²) >= 11 is 1.26. The maximum absolute atomic E-state index is 12.0. The van der Waals surface area contributed by atoms with Gasteiger partial charge in [0.2, 0.25) is 4.74 Å². The molecule has 0 aliphatic carbocycles. The van der Waals surface area contributed by atoms with Gasteiger partial charge < -0.3 is 10.2 Å². The molecule has 1 aliphatic rings. The van der Waals surface area contributed by atoms with Gasteiger partial charge in [-0.3, -0.25) is 4.79 Å². The molecule has 98 valence electrons. The Balaban J connectivity index is 2.43. The molecule has 4 nitrogen and oxygen atoms in total. The number of anilines is 1. The van der Waals surface area contributed by atoms with Crippen LogP contribution in [0, 0.1) is 6.92 Å². The van der Waals surface area contributed by atoms with Crippen molar-refractivity contribution < 1.29 is 0 Å². The molecule has 2 heterocycles. The van der Waals surface area contributed by atoms with Crippen molar-refractivity contribution in [3.05, 3.63) is 26.9 Å². The van der Waals surface area contributed by atoms with E-state index >= 15 is 0 Å². The summed E-state index contributed by atoms with van der Waals surface area (Å²) in [6, 6.07) is 0. The van der Waals surface area contributed by atoms with Gasteiger partial charge in [0, 0.05) is 31.7 Å². The first-order valence-electron chi connectivity index (χ1n) is 6.24. The van der Waals surface area contributed by atoms with Gasteiger partial charge in [0.15, 0.2) is 5.13 Å². The summed E-state index contributed by atoms with van der Waals surface area (Å²) in [6.07, 6.45) is 2.00. The third-order valence-electron chi connectivity index (χ3n) is 3.25. The lowest BCUT2D eigenvalue weighted by molar-refractivity contribution is 0.588. The molecular weight excluding hydrogens is 246 g/mol. The molecule has 1 aromatic rings. The molecule has 0 bridgehead atoms. The molecule has 0 saturated carbocycles. The maximum Gasteiger partial charge on any atom is 0.240 e. The first-order chi connectivity index (χ1) is 8.63. The largest absolute Gasteiger partial charge is 0.345 e. The van der Waals surface area contributed by atoms with Gasteiger partial charge in [-0.15, -0.1) is 0 Å². The molecule has 5 heteroatoms. The molecule has 2 rings (SSSR count). The molecule has 0 amide bonds. The Bertz CT molecular complexity index is 515. The second kappa shape index (κ2) is 5.63. The van der Waals surface area contributed by atoms with Crippen molar-refractivity contribution in [2.75, 3.05) is 31.1 Å². The van der Waals surface area contributed by atoms with Gasteiger partial charge in [-0.25, -0.2) is 4.98 Å². The van der Waals surface area contributed by atoms with Gasteiger partial charge in [0.25, 0.3) is 0 Å². The fourth-order valence-electron chi connectivity index (χ4n) is 1.97. The van der Waals surface area contributed by atoms with Gasteiger partial charge in [-0.05, 0) is 26.3 Å². The van der Waals surface area contributed by atoms with Crippen molar-refractivity contribution in [2.45, 2.75) is 20.8 Å². The van der Waals surface area contributed by atoms with Crippen LogP contribution in [0.2, 0.25) is 0 Å². The molecule has 1 N–H and O–H groups in total. The van der Waals surface area contributed by atoms with E-state index in [4.69, 9.17) is 0 Å². The quantitative estimate of drug-likeness (QED) is 0.883. The molecule has 18 heavy (non-hydrogen) atoms. The predicted molar refractivity (Wildman–Crippen MR) is 77.5 cm³/mol. The van der Waals surface area contributed by atoms with Crippen LogP contribution in [0.5, 0.6) is 0 Å². The Hall–Kier alpha value is -1.20. The highest BCUT2D eigenvalue weighted by atomic mass is 32.1. The Morgan fingerprint density at radius 3 is 2.72 bits per heavy atom. The van der Waals surface area contributed by atoms with Crippen molar-refractivity contribution >= 4 is 22.0 Å². The Morgan fingerprint density at radius 2 is 2.11 bits per heavy atom. The van der Waals surface area contributed by atoms with E-state index in [0.29, 0.717) is 0 Å². The van der Waals surface area contributed by atoms with Crippen LogP contribution >= 0.6 is 11.3 Å². The first-order valence-corrected chi connectivity index (χ1v) is 7.06. The lowest BCUT2D eigenvalue weighted by atomic mass is 10.1. The van der Waals surface area contributed by atoms with Crippen LogP contribution < -0.4 is 15.0 Å². The summed E-state index contributed by atoms with van der Waals surface area (Å²) in [5.74, 6) is 0. The van der Waals surface area contributed by atoms with E-state index in [2.05, 4.69) is 15.2 Å². The summed E-state index contributed by atoms with van der Waals surface area (Å²) in [5.41, 5.74) is 2.66. The number of piperazine rings is 1. The summed E-state index contributed by atoms with van der Waals surface area (Å²) in [4.78, 5) is 18.9. The Labute approximate surface area is 111 Å². The fourth-order valence-corrected chi connectivity index (χ4v) is 2.83. The Morgan fingerprint density at radius 1 is 1.44 bits per heavy atom. The van der Waals surface area contributed by atoms with Crippen LogP contribution in [0.1, 0.15) is 25.1 Å². The maximum atomic E-state index is 12.0. The molecule has 0 radical (unpaired) electrons. The minimum atomic E-state index is 0.120. The smallest absolute Gasteiger partial charge is 0.240 e. The predicted octanol–water partition coefficient (Wildman–Crippen LogP) is 1.64. The number of hydrogen-bond donors (Lipinski definition) is 1. The number of rotatable bonds is 2. The molecule has 0 aromatic carbocycles. The third-order valence-corrected chi connectivity index (χ3v) is 4.27. The normalized spacial score (nSPS) is 17.1. The van der Waals surface area contributed by atoms with Crippen molar-refractivity contribution in [3.8, 4) is 0 Å². The van der Waals surface area contributed by atoms with E-state index in [0.717, 1.165) is 48.1 Å². The van der Waals surface area contributed by atoms with E-state index in [9.17, 15) is 4.79 Å². The average Bonchev–Trinajstić information content (AvgIpc) is 2.41. The summed E-state index contributed by atoms with van der Waals surface area (Å²) in [5, 5.41) is 4.15. The van der Waals surface area contributed by atoms with Crippen LogP contribution in [0.4, 0.5) is 5.13 Å². The highest BCUT2D eigenvalue weighted by Crippen LogP contribution is 2.21. The van der Waals surface area contributed by atoms with Gasteiger partial charge in [0.05, 0.1) is 5.69 Å². The van der Waals surface area contributed by atoms with Crippen molar-refractivity contribution in [2.24, 2.45) is 0 Å². The van der Waals surface area contributed by atoms with Gasteiger partial charge in [-0.1, -0.05) is 17.4 Å². The van der Waals surface area contributed by atoms with Crippen molar-refractivity contribution in [3.63, 3.8) is 0 Å². The lowest BCUT2D eigenvalue weighted by Gasteiger charge is -2.28. The molecule has 0 atom stereocenters. The second-order valence-corrected chi connectivity index (χ2v) is 5.41. The van der Waals surface area contributed by atoms with E-state index in [1.807, 2.05) is 26.8 Å². The minimum absolute atomic E-state index is 0.120. The van der Waals surface area contributed by atoms with Crippen molar-refractivity contribution in [1.29, 1.82) is 0 Å². The van der Waals surface area contributed by atoms with E-state index in [1.165, 1.54) is 11.3 Å². The SMILES string of the molecule is C/C=C(/C)c1nc(N2CCNCC2)sc(=O)c1C. The van der Waals surface area contributed by atoms with Gasteiger partial charge in [-0.2, -0.15) is 0 Å². The number of hydrogen-bond acceptors (Lipinski definition) is 5. The zero-order chi connectivity index (χ0) is 13.1. The highest BCUT2D eigenvalue weighted by Gasteiger charge is 2.16. The van der Waals surface area contributed by atoms with E-state index < -0.39 is 0 Å². The van der Waals surface area contributed by atoms with Crippen LogP contribution in [-0.4, -0.2) is 31.2 Å². The fraction of sp³-hybridized carbons (Fsp3) is 0.538. The molecule has 1 saturated heterocycles. The molecule has 1 aromatic heterocycles. The third kappa shape index (κ3) is 2.62. The molecular formula is C13H19N3OS. The number of nitrogens with zero attached hydrogens (tertiary/aromatic N) is 2. The summed E-state index contributed by atoms with van der Waals surface area (Å²) in [7, 11) is 0. The standard InChI is InChI=1S/C13H19N3OS/c1-4-9(2)11-10(3)12(17)18-13(15-11)16-7-5-14-6-8-16/h4,14H,5-8H2,1-3H3/b9-4-. The van der Waals surface area contributed by atoms with Crippen LogP contribution in [-0.2, 0) is 0 Å². The molecule has 0 spiro atoms. The van der Waals surface area contributed by atoms with Crippen LogP contribution in [0.3, 0.4) is 0 Å². The molecule has 1 aliphatic heterocycles. The van der Waals surface area contributed by atoms with Crippen LogP contribution in [0.25, 0.3) is 5.57 Å². The second-order valence-electron chi connectivity index (χ2n) is 4.47. The number of nitrogens with one attached hydrogen (secondary N) is 1. The molecule has 0 unspecified atom stereocenters. The molecule has 1 fully saturated rings. The van der Waals surface area contributed by atoms with Gasteiger partial charge in [0.1, 0.15) is 0 Å². The van der Waals surface area contributed by atoms with Crippen molar-refractivity contribution in [1.82, 2.24) is 10.3 Å². The Kier molecular flexibility index (Phi) is 4.14. The number of aromatic nitrogens is 1. The van der Waals surface area contributed by atoms with Crippen LogP contribution in [0.15, 0.2) is 10.9 Å². The van der Waals surface area contributed by atoms with E-state index in [1.54, 1.807) is 0 Å². The summed E-state index contributed by atoms with van der Waals surface area (Å²) < 4.78 is 0.120. The monoisotopic (exact) mass is 265 g/mol. The zero-order valence-electron chi connectivity index (χ0n) is 11.1. The number of allylic oxidation sites excluding steroid dienone is 2. The zero-order valence-corrected chi connectivity index (χ0v) is 11.9. The highest BCUT2D eigenvalue weighted by molar-refractivity contribution is 7.13. The lowest BCUT2D eigenvalue weighted by Crippen LogP contribution is -2.44. The van der Waals surface area contributed by atoms with Gasteiger partial charge >= 0.3 is 0 Å². The van der Waals surface area contributed by atoms with E-state index in [-0.39, 0.29) is 4.74 Å². The topological polar surface area (TPSA) is 45.2 Å². The first kappa shape index (κ1) is 13.2. The average molecular weight is 265 g/mol.